The Morgan fingerprint density at radius 3 is 3.00 bits per heavy atom. The summed E-state index contributed by atoms with van der Waals surface area (Å²) in [5.41, 5.74) is 9.01. The highest BCUT2D eigenvalue weighted by Crippen LogP contribution is 2.33. The Balaban J connectivity index is 2.09. The minimum absolute atomic E-state index is 0.505. The summed E-state index contributed by atoms with van der Waals surface area (Å²) in [6.07, 6.45) is 2.13. The van der Waals surface area contributed by atoms with Crippen molar-refractivity contribution in [2.75, 3.05) is 12.3 Å². The molecule has 2 aromatic rings. The molecule has 4 nitrogen and oxygen atoms in total. The molecule has 1 aromatic carbocycles. The van der Waals surface area contributed by atoms with Gasteiger partial charge in [0.1, 0.15) is 16.0 Å². The van der Waals surface area contributed by atoms with Crippen molar-refractivity contribution in [3.8, 4) is 17.0 Å². The summed E-state index contributed by atoms with van der Waals surface area (Å²) in [4.78, 5) is 4.38. The molecule has 0 spiro atoms. The molecule has 0 bridgehead atoms. The average Bonchev–Trinajstić information content (AvgIpc) is 2.66. The Bertz CT molecular complexity index is 607. The highest BCUT2D eigenvalue weighted by molar-refractivity contribution is 9.10. The normalized spacial score (nSPS) is 14.1. The molecule has 5 heteroatoms. The van der Waals surface area contributed by atoms with E-state index in [1.807, 2.05) is 23.7 Å². The van der Waals surface area contributed by atoms with Gasteiger partial charge in [0.25, 0.3) is 0 Å². The van der Waals surface area contributed by atoms with Gasteiger partial charge >= 0.3 is 0 Å². The van der Waals surface area contributed by atoms with Gasteiger partial charge in [-0.2, -0.15) is 0 Å². The summed E-state index contributed by atoms with van der Waals surface area (Å²) in [7, 11) is 1.89. The zero-order chi connectivity index (χ0) is 12.7. The van der Waals surface area contributed by atoms with Crippen molar-refractivity contribution in [2.45, 2.75) is 12.8 Å². The van der Waals surface area contributed by atoms with Crippen molar-refractivity contribution in [1.29, 1.82) is 0 Å². The summed E-state index contributed by atoms with van der Waals surface area (Å²) in [5, 5.41) is 0. The van der Waals surface area contributed by atoms with Gasteiger partial charge in [-0.25, -0.2) is 4.98 Å². The third kappa shape index (κ3) is 1.79. The van der Waals surface area contributed by atoms with E-state index in [1.54, 1.807) is 0 Å². The largest absolute Gasteiger partial charge is 0.493 e. The fraction of sp³-hybridized carbons (Fsp3) is 0.308. The van der Waals surface area contributed by atoms with Crippen LogP contribution in [-0.4, -0.2) is 16.2 Å². The maximum Gasteiger partial charge on any atom is 0.201 e. The smallest absolute Gasteiger partial charge is 0.201 e. The summed E-state index contributed by atoms with van der Waals surface area (Å²) < 4.78 is 8.34. The van der Waals surface area contributed by atoms with Gasteiger partial charge in [0.05, 0.1) is 6.61 Å². The van der Waals surface area contributed by atoms with E-state index in [9.17, 15) is 0 Å². The maximum atomic E-state index is 5.81. The number of hydrogen-bond donors (Lipinski definition) is 1. The number of imidazole rings is 1. The van der Waals surface area contributed by atoms with E-state index < -0.39 is 0 Å². The molecule has 0 aliphatic carbocycles. The van der Waals surface area contributed by atoms with Gasteiger partial charge in [0.15, 0.2) is 0 Å². The molecule has 2 heterocycles. The molecular formula is C13H14BrN3O. The number of halogens is 1. The molecule has 0 fully saturated rings. The number of ether oxygens (including phenoxy) is 1. The molecule has 1 aliphatic heterocycles. The van der Waals surface area contributed by atoms with Crippen LogP contribution in [0.15, 0.2) is 22.8 Å². The lowest BCUT2D eigenvalue weighted by Crippen LogP contribution is -2.08. The van der Waals surface area contributed by atoms with Crippen LogP contribution in [0.3, 0.4) is 0 Å². The van der Waals surface area contributed by atoms with Crippen LogP contribution >= 0.6 is 15.9 Å². The first kappa shape index (κ1) is 11.6. The van der Waals surface area contributed by atoms with Crippen molar-refractivity contribution in [3.63, 3.8) is 0 Å². The molecule has 3 rings (SSSR count). The zero-order valence-electron chi connectivity index (χ0n) is 10.1. The quantitative estimate of drug-likeness (QED) is 0.881. The van der Waals surface area contributed by atoms with Gasteiger partial charge in [-0.1, -0.05) is 0 Å². The highest BCUT2D eigenvalue weighted by Gasteiger charge is 2.16. The van der Waals surface area contributed by atoms with Gasteiger partial charge in [0.2, 0.25) is 5.95 Å². The number of benzene rings is 1. The van der Waals surface area contributed by atoms with Gasteiger partial charge in [-0.15, -0.1) is 0 Å². The number of nitrogen functional groups attached to an aromatic ring is 1. The standard InChI is InChI=1S/C13H14BrN3O/c1-17-12(14)11(16-13(17)15)9-4-5-10-8(7-9)3-2-6-18-10/h4-5,7H,2-3,6H2,1H3,(H2,15,16). The molecular weight excluding hydrogens is 294 g/mol. The number of nitrogens with zero attached hydrogens (tertiary/aromatic N) is 2. The van der Waals surface area contributed by atoms with E-state index in [2.05, 4.69) is 27.0 Å². The Morgan fingerprint density at radius 2 is 2.28 bits per heavy atom. The van der Waals surface area contributed by atoms with Crippen molar-refractivity contribution >= 4 is 21.9 Å². The van der Waals surface area contributed by atoms with Crippen molar-refractivity contribution in [3.05, 3.63) is 28.4 Å². The van der Waals surface area contributed by atoms with Gasteiger partial charge in [0, 0.05) is 12.6 Å². The van der Waals surface area contributed by atoms with E-state index in [0.717, 1.165) is 41.1 Å². The second-order valence-corrected chi connectivity index (χ2v) is 5.19. The van der Waals surface area contributed by atoms with Crippen molar-refractivity contribution < 1.29 is 4.74 Å². The minimum Gasteiger partial charge on any atom is -0.493 e. The van der Waals surface area contributed by atoms with Crippen LogP contribution in [0.1, 0.15) is 12.0 Å². The summed E-state index contributed by atoms with van der Waals surface area (Å²) in [6, 6.07) is 6.18. The Hall–Kier alpha value is -1.49. The van der Waals surface area contributed by atoms with Crippen molar-refractivity contribution in [1.82, 2.24) is 9.55 Å². The lowest BCUT2D eigenvalue weighted by molar-refractivity contribution is 0.288. The number of rotatable bonds is 1. The monoisotopic (exact) mass is 307 g/mol. The van der Waals surface area contributed by atoms with Gasteiger partial charge in [-0.05, 0) is 52.5 Å². The Morgan fingerprint density at radius 1 is 1.44 bits per heavy atom. The van der Waals surface area contributed by atoms with E-state index in [0.29, 0.717) is 5.95 Å². The molecule has 0 saturated carbocycles. The molecule has 1 aromatic heterocycles. The first-order valence-corrected chi connectivity index (χ1v) is 6.70. The second kappa shape index (κ2) is 4.31. The number of anilines is 1. The van der Waals surface area contributed by atoms with E-state index in [-0.39, 0.29) is 0 Å². The number of nitrogens with two attached hydrogens (primary N) is 1. The van der Waals surface area contributed by atoms with Crippen LogP contribution in [0.2, 0.25) is 0 Å². The third-order valence-corrected chi connectivity index (χ3v) is 4.15. The lowest BCUT2D eigenvalue weighted by Gasteiger charge is -2.17. The van der Waals surface area contributed by atoms with Gasteiger partial charge in [-0.3, -0.25) is 0 Å². The summed E-state index contributed by atoms with van der Waals surface area (Å²) in [6.45, 7) is 0.812. The van der Waals surface area contributed by atoms with Crippen LogP contribution in [-0.2, 0) is 13.5 Å². The Kier molecular flexibility index (Phi) is 2.78. The van der Waals surface area contributed by atoms with E-state index in [4.69, 9.17) is 10.5 Å². The zero-order valence-corrected chi connectivity index (χ0v) is 11.7. The SMILES string of the molecule is Cn1c(N)nc(-c2ccc3c(c2)CCCO3)c1Br. The number of fused-ring (bicyclic) bond motifs is 1. The maximum absolute atomic E-state index is 5.81. The van der Waals surface area contributed by atoms with Crippen molar-refractivity contribution in [2.24, 2.45) is 7.05 Å². The third-order valence-electron chi connectivity index (χ3n) is 3.24. The van der Waals surface area contributed by atoms with E-state index >= 15 is 0 Å². The molecule has 0 amide bonds. The molecule has 1 aliphatic rings. The highest BCUT2D eigenvalue weighted by atomic mass is 79.9. The molecule has 2 N–H and O–H groups in total. The topological polar surface area (TPSA) is 53.1 Å². The number of aryl methyl sites for hydroxylation is 1. The Labute approximate surface area is 114 Å². The summed E-state index contributed by atoms with van der Waals surface area (Å²) in [5.74, 6) is 1.50. The predicted octanol–water partition coefficient (Wildman–Crippen LogP) is 2.76. The first-order valence-electron chi connectivity index (χ1n) is 5.90. The van der Waals surface area contributed by atoms with E-state index in [1.165, 1.54) is 5.56 Å². The second-order valence-electron chi connectivity index (χ2n) is 4.44. The number of hydrogen-bond acceptors (Lipinski definition) is 3. The molecule has 0 atom stereocenters. The molecule has 0 unspecified atom stereocenters. The van der Waals surface area contributed by atoms with Gasteiger partial charge < -0.3 is 15.0 Å². The fourth-order valence-electron chi connectivity index (χ4n) is 2.19. The van der Waals surface area contributed by atoms with Crippen LogP contribution in [0.4, 0.5) is 5.95 Å². The van der Waals surface area contributed by atoms with Crippen LogP contribution < -0.4 is 10.5 Å². The molecule has 0 saturated heterocycles. The lowest BCUT2D eigenvalue weighted by atomic mass is 10.0. The minimum atomic E-state index is 0.505. The molecule has 0 radical (unpaired) electrons. The number of aromatic nitrogens is 2. The molecule has 18 heavy (non-hydrogen) atoms. The van der Waals surface area contributed by atoms with Crippen LogP contribution in [0.5, 0.6) is 5.75 Å². The molecule has 94 valence electrons. The van der Waals surface area contributed by atoms with Crippen LogP contribution in [0.25, 0.3) is 11.3 Å². The average molecular weight is 308 g/mol. The fourth-order valence-corrected chi connectivity index (χ4v) is 2.69. The predicted molar refractivity (Wildman–Crippen MR) is 74.6 cm³/mol. The summed E-state index contributed by atoms with van der Waals surface area (Å²) >= 11 is 3.52. The first-order chi connectivity index (χ1) is 8.66. The van der Waals surface area contributed by atoms with Crippen LogP contribution in [0, 0.1) is 0 Å².